The summed E-state index contributed by atoms with van der Waals surface area (Å²) in [6.07, 6.45) is 8.81. The highest BCUT2D eigenvalue weighted by Gasteiger charge is 2.24. The van der Waals surface area contributed by atoms with Crippen LogP contribution in [0.25, 0.3) is 5.82 Å². The molecule has 5 heteroatoms. The van der Waals surface area contributed by atoms with E-state index in [0.29, 0.717) is 12.0 Å². The highest BCUT2D eigenvalue weighted by Crippen LogP contribution is 2.29. The van der Waals surface area contributed by atoms with Crippen molar-refractivity contribution in [3.63, 3.8) is 0 Å². The van der Waals surface area contributed by atoms with Crippen LogP contribution in [0.3, 0.4) is 0 Å². The van der Waals surface area contributed by atoms with Gasteiger partial charge in [-0.05, 0) is 30.9 Å². The summed E-state index contributed by atoms with van der Waals surface area (Å²) in [5.41, 5.74) is 1.03. The van der Waals surface area contributed by atoms with Crippen LogP contribution >= 0.6 is 0 Å². The number of nitrogens with one attached hydrogen (secondary N) is 1. The second-order valence-corrected chi connectivity index (χ2v) is 4.87. The minimum Gasteiger partial charge on any atom is -0.379 e. The molecular weight excluding hydrogens is 226 g/mol. The molecule has 5 nitrogen and oxygen atoms in total. The van der Waals surface area contributed by atoms with E-state index < -0.39 is 0 Å². The molecule has 0 bridgehead atoms. The molecule has 1 saturated carbocycles. The number of pyridine rings is 1. The summed E-state index contributed by atoms with van der Waals surface area (Å²) in [5, 5.41) is 7.74. The molecule has 1 aliphatic rings. The predicted octanol–water partition coefficient (Wildman–Crippen LogP) is 2.26. The lowest BCUT2D eigenvalue weighted by atomic mass is 10.1. The van der Waals surface area contributed by atoms with Crippen LogP contribution in [0, 0.1) is 5.92 Å². The van der Waals surface area contributed by atoms with Gasteiger partial charge in [-0.1, -0.05) is 13.3 Å². The molecule has 2 unspecified atom stereocenters. The summed E-state index contributed by atoms with van der Waals surface area (Å²) in [5.74, 6) is 1.53. The first-order chi connectivity index (χ1) is 8.84. The van der Waals surface area contributed by atoms with Gasteiger partial charge in [0.15, 0.2) is 5.82 Å². The fraction of sp³-hybridized carbons (Fsp3) is 0.462. The van der Waals surface area contributed by atoms with E-state index in [9.17, 15) is 0 Å². The molecule has 1 N–H and O–H groups in total. The zero-order valence-corrected chi connectivity index (χ0v) is 10.5. The van der Waals surface area contributed by atoms with Gasteiger partial charge in [-0.15, -0.1) is 0 Å². The number of aromatic nitrogens is 4. The normalized spacial score (nSPS) is 23.2. The molecule has 1 fully saturated rings. The molecular formula is C13H17N5. The molecule has 3 rings (SSSR count). The first kappa shape index (κ1) is 11.2. The number of hydrogen-bond donors (Lipinski definition) is 1. The van der Waals surface area contributed by atoms with E-state index in [1.54, 1.807) is 17.2 Å². The molecule has 2 heterocycles. The summed E-state index contributed by atoms with van der Waals surface area (Å²) < 4.78 is 1.70. The van der Waals surface area contributed by atoms with Crippen molar-refractivity contribution in [2.45, 2.75) is 32.2 Å². The molecule has 0 aliphatic heterocycles. The summed E-state index contributed by atoms with van der Waals surface area (Å²) in [6, 6.07) is 4.54. The van der Waals surface area contributed by atoms with Crippen LogP contribution in [0.2, 0.25) is 0 Å². The van der Waals surface area contributed by atoms with Crippen molar-refractivity contribution in [2.75, 3.05) is 5.32 Å². The molecule has 0 radical (unpaired) electrons. The summed E-state index contributed by atoms with van der Waals surface area (Å²) in [4.78, 5) is 8.36. The number of rotatable bonds is 3. The Kier molecular flexibility index (Phi) is 2.96. The lowest BCUT2D eigenvalue weighted by Gasteiger charge is -2.20. The maximum absolute atomic E-state index is 4.39. The Bertz CT molecular complexity index is 508. The van der Waals surface area contributed by atoms with E-state index in [0.717, 1.165) is 11.5 Å². The highest BCUT2D eigenvalue weighted by molar-refractivity contribution is 5.56. The van der Waals surface area contributed by atoms with Crippen molar-refractivity contribution in [3.05, 3.63) is 31.0 Å². The maximum Gasteiger partial charge on any atom is 0.178 e. The molecule has 0 aromatic carbocycles. The van der Waals surface area contributed by atoms with Gasteiger partial charge in [-0.2, -0.15) is 5.10 Å². The predicted molar refractivity (Wildman–Crippen MR) is 69.6 cm³/mol. The van der Waals surface area contributed by atoms with Gasteiger partial charge in [-0.25, -0.2) is 14.6 Å². The standard InChI is InChI=1S/C13H17N5/c1-10-4-2-5-11(10)17-12-6-3-7-15-13(12)18-9-14-8-16-18/h3,6-11,17H,2,4-5H2,1H3. The van der Waals surface area contributed by atoms with Crippen LogP contribution in [-0.4, -0.2) is 25.8 Å². The maximum atomic E-state index is 4.39. The van der Waals surface area contributed by atoms with Crippen molar-refractivity contribution < 1.29 is 0 Å². The first-order valence-corrected chi connectivity index (χ1v) is 6.41. The van der Waals surface area contributed by atoms with Gasteiger partial charge in [0.1, 0.15) is 12.7 Å². The second-order valence-electron chi connectivity index (χ2n) is 4.87. The Balaban J connectivity index is 1.88. The van der Waals surface area contributed by atoms with Gasteiger partial charge >= 0.3 is 0 Å². The Hall–Kier alpha value is -1.91. The van der Waals surface area contributed by atoms with Gasteiger partial charge in [0, 0.05) is 12.2 Å². The first-order valence-electron chi connectivity index (χ1n) is 6.41. The SMILES string of the molecule is CC1CCCC1Nc1cccnc1-n1cncn1. The van der Waals surface area contributed by atoms with Gasteiger partial charge < -0.3 is 5.32 Å². The summed E-state index contributed by atoms with van der Waals surface area (Å²) in [6.45, 7) is 2.30. The Labute approximate surface area is 106 Å². The minimum atomic E-state index is 0.538. The fourth-order valence-electron chi connectivity index (χ4n) is 2.57. The van der Waals surface area contributed by atoms with Crippen molar-refractivity contribution in [1.82, 2.24) is 19.7 Å². The Morgan fingerprint density at radius 3 is 3.06 bits per heavy atom. The van der Waals surface area contributed by atoms with Crippen LogP contribution in [0.4, 0.5) is 5.69 Å². The van der Waals surface area contributed by atoms with Crippen LogP contribution in [0.1, 0.15) is 26.2 Å². The average Bonchev–Trinajstić information content (AvgIpc) is 3.03. The lowest BCUT2D eigenvalue weighted by molar-refractivity contribution is 0.555. The van der Waals surface area contributed by atoms with Crippen molar-refractivity contribution in [1.29, 1.82) is 0 Å². The molecule has 2 aromatic rings. The molecule has 0 spiro atoms. The van der Waals surface area contributed by atoms with E-state index in [1.165, 1.54) is 25.6 Å². The molecule has 0 amide bonds. The van der Waals surface area contributed by atoms with Gasteiger partial charge in [0.2, 0.25) is 0 Å². The van der Waals surface area contributed by atoms with Crippen LogP contribution in [-0.2, 0) is 0 Å². The average molecular weight is 243 g/mol. The number of nitrogens with zero attached hydrogens (tertiary/aromatic N) is 4. The number of anilines is 1. The van der Waals surface area contributed by atoms with Crippen LogP contribution in [0.15, 0.2) is 31.0 Å². The van der Waals surface area contributed by atoms with E-state index in [-0.39, 0.29) is 0 Å². The van der Waals surface area contributed by atoms with E-state index in [1.807, 2.05) is 6.07 Å². The van der Waals surface area contributed by atoms with E-state index in [4.69, 9.17) is 0 Å². The fourth-order valence-corrected chi connectivity index (χ4v) is 2.57. The minimum absolute atomic E-state index is 0.538. The summed E-state index contributed by atoms with van der Waals surface area (Å²) in [7, 11) is 0. The largest absolute Gasteiger partial charge is 0.379 e. The molecule has 2 atom stereocenters. The molecule has 2 aromatic heterocycles. The monoisotopic (exact) mass is 243 g/mol. The molecule has 94 valence electrons. The zero-order chi connectivity index (χ0) is 12.4. The molecule has 18 heavy (non-hydrogen) atoms. The quantitative estimate of drug-likeness (QED) is 0.898. The van der Waals surface area contributed by atoms with Crippen LogP contribution < -0.4 is 5.32 Å². The molecule has 1 aliphatic carbocycles. The lowest BCUT2D eigenvalue weighted by Crippen LogP contribution is -2.23. The van der Waals surface area contributed by atoms with Crippen molar-refractivity contribution in [2.24, 2.45) is 5.92 Å². The van der Waals surface area contributed by atoms with Crippen LogP contribution in [0.5, 0.6) is 0 Å². The van der Waals surface area contributed by atoms with E-state index in [2.05, 4.69) is 33.4 Å². The van der Waals surface area contributed by atoms with E-state index >= 15 is 0 Å². The third kappa shape index (κ3) is 2.08. The third-order valence-electron chi connectivity index (χ3n) is 3.62. The highest BCUT2D eigenvalue weighted by atomic mass is 15.3. The summed E-state index contributed by atoms with van der Waals surface area (Å²) >= 11 is 0. The topological polar surface area (TPSA) is 55.6 Å². The Morgan fingerprint density at radius 2 is 2.33 bits per heavy atom. The number of hydrogen-bond acceptors (Lipinski definition) is 4. The van der Waals surface area contributed by atoms with Crippen molar-refractivity contribution >= 4 is 5.69 Å². The van der Waals surface area contributed by atoms with Crippen molar-refractivity contribution in [3.8, 4) is 5.82 Å². The van der Waals surface area contributed by atoms with Gasteiger partial charge in [0.25, 0.3) is 0 Å². The molecule has 0 saturated heterocycles. The smallest absolute Gasteiger partial charge is 0.178 e. The third-order valence-corrected chi connectivity index (χ3v) is 3.62. The Morgan fingerprint density at radius 1 is 1.39 bits per heavy atom. The van der Waals surface area contributed by atoms with Gasteiger partial charge in [0.05, 0.1) is 5.69 Å². The van der Waals surface area contributed by atoms with Gasteiger partial charge in [-0.3, -0.25) is 0 Å². The zero-order valence-electron chi connectivity index (χ0n) is 10.5. The second kappa shape index (κ2) is 4.76.